The first-order valence-corrected chi connectivity index (χ1v) is 9.74. The second-order valence-corrected chi connectivity index (χ2v) is 7.07. The van der Waals surface area contributed by atoms with E-state index in [1.165, 1.54) is 25.4 Å². The molecular formula is C22H21F6N3O. The van der Waals surface area contributed by atoms with Crippen LogP contribution >= 0.6 is 0 Å². The second kappa shape index (κ2) is 9.64. The Morgan fingerprint density at radius 2 is 1.56 bits per heavy atom. The number of nitrogens with zero attached hydrogens (tertiary/aromatic N) is 1. The van der Waals surface area contributed by atoms with E-state index in [1.807, 2.05) is 0 Å². The highest BCUT2D eigenvalue weighted by atomic mass is 19.4. The number of ether oxygens (including phenoxy) is 1. The third-order valence-corrected chi connectivity index (χ3v) is 4.84. The predicted octanol–water partition coefficient (Wildman–Crippen LogP) is 5.87. The molecule has 2 N–H and O–H groups in total. The van der Waals surface area contributed by atoms with Crippen LogP contribution in [0.15, 0.2) is 48.7 Å². The van der Waals surface area contributed by atoms with Crippen LogP contribution in [0.4, 0.5) is 32.0 Å². The first-order valence-electron chi connectivity index (χ1n) is 9.74. The Kier molecular flexibility index (Phi) is 7.12. The molecule has 32 heavy (non-hydrogen) atoms. The Morgan fingerprint density at radius 3 is 2.25 bits per heavy atom. The van der Waals surface area contributed by atoms with Crippen LogP contribution < -0.4 is 15.4 Å². The topological polar surface area (TPSA) is 46.2 Å². The Morgan fingerprint density at radius 1 is 0.875 bits per heavy atom. The number of benzene rings is 2. The highest BCUT2D eigenvalue weighted by Crippen LogP contribution is 2.33. The van der Waals surface area contributed by atoms with Crippen molar-refractivity contribution in [3.8, 4) is 5.75 Å². The van der Waals surface area contributed by atoms with E-state index in [4.69, 9.17) is 4.74 Å². The van der Waals surface area contributed by atoms with Gasteiger partial charge in [-0.15, -0.1) is 0 Å². The Balaban J connectivity index is 1.54. The molecule has 0 fully saturated rings. The van der Waals surface area contributed by atoms with E-state index < -0.39 is 23.5 Å². The van der Waals surface area contributed by atoms with E-state index in [0.717, 1.165) is 24.3 Å². The highest BCUT2D eigenvalue weighted by Gasteiger charge is 2.31. The summed E-state index contributed by atoms with van der Waals surface area (Å²) in [5.74, 6) is 0.366. The number of methoxy groups -OCH3 is 1. The number of pyridine rings is 1. The van der Waals surface area contributed by atoms with Gasteiger partial charge in [0.15, 0.2) is 0 Å². The predicted molar refractivity (Wildman–Crippen MR) is 110 cm³/mol. The quantitative estimate of drug-likeness (QED) is 0.328. The molecule has 3 aromatic rings. The maximum absolute atomic E-state index is 12.9. The van der Waals surface area contributed by atoms with Crippen molar-refractivity contribution >= 4 is 16.6 Å². The van der Waals surface area contributed by atoms with Gasteiger partial charge in [-0.05, 0) is 49.4 Å². The summed E-state index contributed by atoms with van der Waals surface area (Å²) in [5, 5.41) is 6.81. The molecule has 0 amide bonds. The van der Waals surface area contributed by atoms with Crippen LogP contribution in [-0.4, -0.2) is 25.2 Å². The summed E-state index contributed by atoms with van der Waals surface area (Å²) in [6, 6.07) is 8.40. The molecule has 0 aliphatic rings. The number of nitrogens with one attached hydrogen (secondary N) is 2. The van der Waals surface area contributed by atoms with Gasteiger partial charge >= 0.3 is 12.4 Å². The molecule has 0 aliphatic carbocycles. The molecule has 0 spiro atoms. The number of fused-ring (bicyclic) bond motifs is 1. The summed E-state index contributed by atoms with van der Waals surface area (Å²) < 4.78 is 82.5. The first-order chi connectivity index (χ1) is 15.1. The maximum atomic E-state index is 12.9. The summed E-state index contributed by atoms with van der Waals surface area (Å²) in [5.41, 5.74) is -0.211. The monoisotopic (exact) mass is 457 g/mol. The van der Waals surface area contributed by atoms with Gasteiger partial charge in [0.05, 0.1) is 23.8 Å². The minimum Gasteiger partial charge on any atom is -0.496 e. The van der Waals surface area contributed by atoms with Gasteiger partial charge in [-0.25, -0.2) is 0 Å². The normalized spacial score (nSPS) is 12.2. The van der Waals surface area contributed by atoms with E-state index in [1.54, 1.807) is 6.07 Å². The molecule has 0 unspecified atom stereocenters. The van der Waals surface area contributed by atoms with Gasteiger partial charge in [-0.1, -0.05) is 6.07 Å². The second-order valence-electron chi connectivity index (χ2n) is 7.07. The fraction of sp³-hybridized carbons (Fsp3) is 0.318. The molecule has 4 nitrogen and oxygen atoms in total. The number of halogens is 6. The van der Waals surface area contributed by atoms with Crippen LogP contribution in [-0.2, 0) is 18.9 Å². The SMILES string of the molecule is COc1ccc(C(F)(F)F)cc1CNCCCNc1ccnc2cc(C(F)(F)F)ccc12. The molecule has 10 heteroatoms. The molecule has 0 aliphatic heterocycles. The van der Waals surface area contributed by atoms with Crippen molar-refractivity contribution in [3.05, 3.63) is 65.4 Å². The zero-order valence-electron chi connectivity index (χ0n) is 17.1. The molecule has 1 heterocycles. The fourth-order valence-electron chi connectivity index (χ4n) is 3.23. The lowest BCUT2D eigenvalue weighted by molar-refractivity contribution is -0.138. The van der Waals surface area contributed by atoms with Gasteiger partial charge in [0.25, 0.3) is 0 Å². The van der Waals surface area contributed by atoms with Gasteiger partial charge in [0.2, 0.25) is 0 Å². The Hall–Kier alpha value is -3.01. The van der Waals surface area contributed by atoms with Crippen molar-refractivity contribution < 1.29 is 31.1 Å². The molecule has 1 aromatic heterocycles. The molecule has 0 saturated heterocycles. The molecule has 3 rings (SSSR count). The van der Waals surface area contributed by atoms with Gasteiger partial charge in [0, 0.05) is 35.9 Å². The number of aromatic nitrogens is 1. The van der Waals surface area contributed by atoms with Crippen molar-refractivity contribution in [2.75, 3.05) is 25.5 Å². The molecule has 0 bridgehead atoms. The number of hydrogen-bond acceptors (Lipinski definition) is 4. The standard InChI is InChI=1S/C22H21F6N3O/c1-32-20-6-4-15(21(23,24)25)11-14(20)13-29-8-2-9-30-18-7-10-31-19-12-16(22(26,27)28)3-5-17(18)19/h3-7,10-12,29H,2,8-9,13H2,1H3,(H,30,31). The summed E-state index contributed by atoms with van der Waals surface area (Å²) >= 11 is 0. The van der Waals surface area contributed by atoms with Crippen molar-refractivity contribution in [2.24, 2.45) is 0 Å². The Labute approximate surface area is 180 Å². The fourth-order valence-corrected chi connectivity index (χ4v) is 3.23. The summed E-state index contributed by atoms with van der Waals surface area (Å²) in [4.78, 5) is 4.00. The zero-order valence-corrected chi connectivity index (χ0v) is 17.1. The maximum Gasteiger partial charge on any atom is 0.416 e. The van der Waals surface area contributed by atoms with Crippen LogP contribution in [0.2, 0.25) is 0 Å². The molecule has 0 atom stereocenters. The van der Waals surface area contributed by atoms with Crippen molar-refractivity contribution in [1.29, 1.82) is 0 Å². The highest BCUT2D eigenvalue weighted by molar-refractivity contribution is 5.91. The van der Waals surface area contributed by atoms with Crippen LogP contribution in [0.3, 0.4) is 0 Å². The average Bonchev–Trinajstić information content (AvgIpc) is 2.74. The lowest BCUT2D eigenvalue weighted by atomic mass is 10.1. The first kappa shape index (κ1) is 23.6. The third kappa shape index (κ3) is 5.82. The van der Waals surface area contributed by atoms with Crippen LogP contribution in [0.5, 0.6) is 5.75 Å². The number of hydrogen-bond donors (Lipinski definition) is 2. The summed E-state index contributed by atoms with van der Waals surface area (Å²) in [6.45, 7) is 1.21. The van der Waals surface area contributed by atoms with E-state index in [2.05, 4.69) is 15.6 Å². The van der Waals surface area contributed by atoms with E-state index >= 15 is 0 Å². The van der Waals surface area contributed by atoms with Crippen molar-refractivity contribution in [1.82, 2.24) is 10.3 Å². The van der Waals surface area contributed by atoms with Crippen LogP contribution in [0, 0.1) is 0 Å². The summed E-state index contributed by atoms with van der Waals surface area (Å²) in [6.07, 6.45) is -6.80. The molecule has 0 saturated carbocycles. The number of anilines is 1. The third-order valence-electron chi connectivity index (χ3n) is 4.84. The Bertz CT molecular complexity index is 1070. The lowest BCUT2D eigenvalue weighted by Crippen LogP contribution is -2.18. The van der Waals surface area contributed by atoms with Gasteiger partial charge in [0.1, 0.15) is 5.75 Å². The summed E-state index contributed by atoms with van der Waals surface area (Å²) in [7, 11) is 1.40. The number of rotatable bonds is 8. The van der Waals surface area contributed by atoms with E-state index in [9.17, 15) is 26.3 Å². The average molecular weight is 457 g/mol. The van der Waals surface area contributed by atoms with Gasteiger partial charge in [-0.3, -0.25) is 4.98 Å². The minimum atomic E-state index is -4.44. The zero-order chi connectivity index (χ0) is 23.4. The van der Waals surface area contributed by atoms with E-state index in [-0.39, 0.29) is 12.1 Å². The molecule has 172 valence electrons. The molecule has 0 radical (unpaired) electrons. The van der Waals surface area contributed by atoms with Crippen LogP contribution in [0.1, 0.15) is 23.1 Å². The largest absolute Gasteiger partial charge is 0.496 e. The molecular weight excluding hydrogens is 436 g/mol. The smallest absolute Gasteiger partial charge is 0.416 e. The van der Waals surface area contributed by atoms with Gasteiger partial charge < -0.3 is 15.4 Å². The van der Waals surface area contributed by atoms with Gasteiger partial charge in [-0.2, -0.15) is 26.3 Å². The molecule has 2 aromatic carbocycles. The van der Waals surface area contributed by atoms with Crippen LogP contribution in [0.25, 0.3) is 10.9 Å². The van der Waals surface area contributed by atoms with Crippen molar-refractivity contribution in [2.45, 2.75) is 25.3 Å². The lowest BCUT2D eigenvalue weighted by Gasteiger charge is -2.14. The van der Waals surface area contributed by atoms with E-state index in [0.29, 0.717) is 41.9 Å². The number of alkyl halides is 6. The minimum absolute atomic E-state index is 0.200. The van der Waals surface area contributed by atoms with Crippen molar-refractivity contribution in [3.63, 3.8) is 0 Å².